The molecule has 1 heterocycles. The Labute approximate surface area is 77.5 Å². The Morgan fingerprint density at radius 2 is 2.42 bits per heavy atom. The largest absolute Gasteiger partial charge is 0.269 e. The lowest BCUT2D eigenvalue weighted by molar-refractivity contribution is 0.288. The van der Waals surface area contributed by atoms with E-state index in [2.05, 4.69) is 16.0 Å². The van der Waals surface area contributed by atoms with Gasteiger partial charge in [0.2, 0.25) is 0 Å². The highest BCUT2D eigenvalue weighted by atomic mass is 35.5. The van der Waals surface area contributed by atoms with Crippen molar-refractivity contribution in [2.75, 3.05) is 0 Å². The number of nitrogens with zero attached hydrogens (tertiary/aromatic N) is 2. The molecule has 0 N–H and O–H groups in total. The minimum Gasteiger partial charge on any atom is -0.269 e. The zero-order chi connectivity index (χ0) is 8.55. The normalized spacial score (nSPS) is 17.8. The Hall–Kier alpha value is -0.500. The highest BCUT2D eigenvalue weighted by Gasteiger charge is 2.20. The van der Waals surface area contributed by atoms with Crippen molar-refractivity contribution in [2.45, 2.75) is 38.1 Å². The zero-order valence-electron chi connectivity index (χ0n) is 7.26. The average molecular weight is 185 g/mol. The summed E-state index contributed by atoms with van der Waals surface area (Å²) in [6, 6.07) is 0.653. The quantitative estimate of drug-likeness (QED) is 0.647. The third-order valence-corrected chi connectivity index (χ3v) is 2.90. The van der Waals surface area contributed by atoms with Gasteiger partial charge in [0.15, 0.2) is 0 Å². The van der Waals surface area contributed by atoms with Gasteiger partial charge in [-0.1, -0.05) is 0 Å². The van der Waals surface area contributed by atoms with E-state index < -0.39 is 0 Å². The lowest BCUT2D eigenvalue weighted by Gasteiger charge is -2.25. The monoisotopic (exact) mass is 184 g/mol. The molecule has 1 aromatic heterocycles. The van der Waals surface area contributed by atoms with Crippen LogP contribution in [0.1, 0.15) is 36.6 Å². The highest BCUT2D eigenvalue weighted by molar-refractivity contribution is 6.17. The van der Waals surface area contributed by atoms with Crippen molar-refractivity contribution in [1.29, 1.82) is 0 Å². The molecular formula is C9H13ClN2. The molecule has 2 nitrogen and oxygen atoms in total. The van der Waals surface area contributed by atoms with Crippen molar-refractivity contribution < 1.29 is 0 Å². The van der Waals surface area contributed by atoms with Crippen LogP contribution in [0.5, 0.6) is 0 Å². The third kappa shape index (κ3) is 1.24. The van der Waals surface area contributed by atoms with Gasteiger partial charge in [0.25, 0.3) is 0 Å². The average Bonchev–Trinajstić information content (AvgIpc) is 2.27. The number of hydrogen-bond donors (Lipinski definition) is 0. The standard InChI is InChI=1S/C9H13ClN2/c1-7-8(5-10)6-12(11-7)9-3-2-4-9/h6,9H,2-5H2,1H3. The van der Waals surface area contributed by atoms with Crippen LogP contribution in [-0.2, 0) is 5.88 Å². The first-order valence-corrected chi connectivity index (χ1v) is 4.95. The molecule has 0 bridgehead atoms. The van der Waals surface area contributed by atoms with Crippen LogP contribution < -0.4 is 0 Å². The molecule has 0 unspecified atom stereocenters. The summed E-state index contributed by atoms with van der Waals surface area (Å²) < 4.78 is 2.08. The lowest BCUT2D eigenvalue weighted by atomic mass is 9.93. The molecular weight excluding hydrogens is 172 g/mol. The van der Waals surface area contributed by atoms with Crippen molar-refractivity contribution >= 4 is 11.6 Å². The summed E-state index contributed by atoms with van der Waals surface area (Å²) in [5.74, 6) is 0.582. The van der Waals surface area contributed by atoms with Gasteiger partial charge >= 0.3 is 0 Å². The van der Waals surface area contributed by atoms with Gasteiger partial charge in [-0.05, 0) is 26.2 Å². The van der Waals surface area contributed by atoms with Crippen LogP contribution in [0.25, 0.3) is 0 Å². The van der Waals surface area contributed by atoms with E-state index in [9.17, 15) is 0 Å². The van der Waals surface area contributed by atoms with E-state index in [4.69, 9.17) is 11.6 Å². The highest BCUT2D eigenvalue weighted by Crippen LogP contribution is 2.31. The number of aryl methyl sites for hydroxylation is 1. The predicted molar refractivity (Wildman–Crippen MR) is 49.4 cm³/mol. The fourth-order valence-corrected chi connectivity index (χ4v) is 1.75. The van der Waals surface area contributed by atoms with E-state index in [1.807, 2.05) is 6.92 Å². The molecule has 3 heteroatoms. The van der Waals surface area contributed by atoms with Gasteiger partial charge in [0.05, 0.1) is 17.6 Å². The fraction of sp³-hybridized carbons (Fsp3) is 0.667. The smallest absolute Gasteiger partial charge is 0.0637 e. The lowest BCUT2D eigenvalue weighted by Crippen LogP contribution is -2.17. The molecule has 0 amide bonds. The van der Waals surface area contributed by atoms with E-state index in [0.29, 0.717) is 11.9 Å². The van der Waals surface area contributed by atoms with E-state index in [-0.39, 0.29) is 0 Å². The van der Waals surface area contributed by atoms with Crippen molar-refractivity contribution in [3.63, 3.8) is 0 Å². The molecule has 2 rings (SSSR count). The number of aromatic nitrogens is 2. The van der Waals surface area contributed by atoms with E-state index >= 15 is 0 Å². The molecule has 1 saturated carbocycles. The molecule has 66 valence electrons. The topological polar surface area (TPSA) is 17.8 Å². The van der Waals surface area contributed by atoms with Crippen LogP contribution in [0.15, 0.2) is 6.20 Å². The van der Waals surface area contributed by atoms with Gasteiger partial charge in [0, 0.05) is 11.8 Å². The van der Waals surface area contributed by atoms with Crippen LogP contribution in [0.2, 0.25) is 0 Å². The van der Waals surface area contributed by atoms with Crippen LogP contribution in [0, 0.1) is 6.92 Å². The molecule has 0 radical (unpaired) electrons. The van der Waals surface area contributed by atoms with Crippen molar-refractivity contribution in [2.24, 2.45) is 0 Å². The Morgan fingerprint density at radius 3 is 2.83 bits per heavy atom. The second kappa shape index (κ2) is 3.09. The number of halogens is 1. The first kappa shape index (κ1) is 8.11. The summed E-state index contributed by atoms with van der Waals surface area (Å²) in [6.07, 6.45) is 6.00. The van der Waals surface area contributed by atoms with Gasteiger partial charge in [-0.15, -0.1) is 11.6 Å². The van der Waals surface area contributed by atoms with E-state index in [0.717, 1.165) is 5.69 Å². The molecule has 12 heavy (non-hydrogen) atoms. The summed E-state index contributed by atoms with van der Waals surface area (Å²) in [7, 11) is 0. The minimum absolute atomic E-state index is 0.582. The van der Waals surface area contributed by atoms with Gasteiger partial charge in [-0.3, -0.25) is 4.68 Å². The molecule has 0 atom stereocenters. The van der Waals surface area contributed by atoms with Crippen LogP contribution >= 0.6 is 11.6 Å². The molecule has 1 aliphatic rings. The first-order valence-electron chi connectivity index (χ1n) is 4.42. The summed E-state index contributed by atoms with van der Waals surface area (Å²) in [4.78, 5) is 0. The minimum atomic E-state index is 0.582. The van der Waals surface area contributed by atoms with E-state index in [1.165, 1.54) is 24.8 Å². The molecule has 1 aromatic rings. The zero-order valence-corrected chi connectivity index (χ0v) is 8.01. The maximum atomic E-state index is 5.76. The Balaban J connectivity index is 2.21. The van der Waals surface area contributed by atoms with Crippen LogP contribution in [0.4, 0.5) is 0 Å². The second-order valence-electron chi connectivity index (χ2n) is 3.44. The van der Waals surface area contributed by atoms with Gasteiger partial charge in [0.1, 0.15) is 0 Å². The number of alkyl halides is 1. The molecule has 0 aromatic carbocycles. The second-order valence-corrected chi connectivity index (χ2v) is 3.71. The Bertz CT molecular complexity index is 276. The van der Waals surface area contributed by atoms with Crippen molar-refractivity contribution in [3.05, 3.63) is 17.5 Å². The summed E-state index contributed by atoms with van der Waals surface area (Å²) in [6.45, 7) is 2.02. The van der Waals surface area contributed by atoms with Gasteiger partial charge < -0.3 is 0 Å². The third-order valence-electron chi connectivity index (χ3n) is 2.61. The summed E-state index contributed by atoms with van der Waals surface area (Å²) in [5.41, 5.74) is 2.25. The molecule has 1 aliphatic carbocycles. The van der Waals surface area contributed by atoms with E-state index in [1.54, 1.807) is 0 Å². The summed E-state index contributed by atoms with van der Waals surface area (Å²) >= 11 is 5.76. The SMILES string of the molecule is Cc1nn(C2CCC2)cc1CCl. The fourth-order valence-electron chi connectivity index (χ4n) is 1.49. The first-order chi connectivity index (χ1) is 5.81. The molecule has 0 aliphatic heterocycles. The van der Waals surface area contributed by atoms with Crippen molar-refractivity contribution in [1.82, 2.24) is 9.78 Å². The Morgan fingerprint density at radius 1 is 1.67 bits per heavy atom. The van der Waals surface area contributed by atoms with Crippen LogP contribution in [0.3, 0.4) is 0 Å². The van der Waals surface area contributed by atoms with Crippen LogP contribution in [-0.4, -0.2) is 9.78 Å². The Kier molecular flexibility index (Phi) is 2.09. The number of hydrogen-bond acceptors (Lipinski definition) is 1. The van der Waals surface area contributed by atoms with Gasteiger partial charge in [-0.25, -0.2) is 0 Å². The molecule has 0 saturated heterocycles. The van der Waals surface area contributed by atoms with Gasteiger partial charge in [-0.2, -0.15) is 5.10 Å². The maximum Gasteiger partial charge on any atom is 0.0637 e. The molecule has 0 spiro atoms. The predicted octanol–water partition coefficient (Wildman–Crippen LogP) is 2.66. The summed E-state index contributed by atoms with van der Waals surface area (Å²) in [5, 5.41) is 4.44. The van der Waals surface area contributed by atoms with Crippen molar-refractivity contribution in [3.8, 4) is 0 Å². The maximum absolute atomic E-state index is 5.76. The molecule has 1 fully saturated rings. The number of rotatable bonds is 2.